The number of pyridine rings is 1. The second-order valence-electron chi connectivity index (χ2n) is 1.60. The summed E-state index contributed by atoms with van der Waals surface area (Å²) in [4.78, 5) is 3.65. The van der Waals surface area contributed by atoms with Crippen molar-refractivity contribution in [2.24, 2.45) is 5.84 Å². The van der Waals surface area contributed by atoms with E-state index in [4.69, 9.17) is 17.4 Å². The summed E-state index contributed by atoms with van der Waals surface area (Å²) in [5, 5.41) is -0.0926. The van der Waals surface area contributed by atoms with E-state index in [9.17, 15) is 4.39 Å². The fourth-order valence-corrected chi connectivity index (χ4v) is 0.687. The molecule has 1 heterocycles. The van der Waals surface area contributed by atoms with Crippen molar-refractivity contribution in [2.45, 2.75) is 0 Å². The molecule has 0 aromatic carbocycles. The second kappa shape index (κ2) is 2.81. The van der Waals surface area contributed by atoms with Crippen LogP contribution >= 0.6 is 11.6 Å². The minimum absolute atomic E-state index is 0.0926. The number of hydrogen-bond donors (Lipinski definition) is 2. The molecule has 0 unspecified atom stereocenters. The van der Waals surface area contributed by atoms with Gasteiger partial charge in [-0.15, -0.1) is 0 Å². The van der Waals surface area contributed by atoms with Crippen LogP contribution in [-0.2, 0) is 0 Å². The molecule has 5 heteroatoms. The third kappa shape index (κ3) is 1.17. The highest BCUT2D eigenvalue weighted by Gasteiger charge is 2.03. The minimum Gasteiger partial charge on any atom is -0.307 e. The van der Waals surface area contributed by atoms with Crippen LogP contribution in [0.5, 0.6) is 0 Å². The summed E-state index contributed by atoms with van der Waals surface area (Å²) in [6.07, 6.45) is 1.27. The van der Waals surface area contributed by atoms with Crippen LogP contribution in [0.2, 0.25) is 5.02 Å². The lowest BCUT2D eigenvalue weighted by molar-refractivity contribution is 0.626. The normalized spacial score (nSPS) is 9.50. The van der Waals surface area contributed by atoms with Crippen LogP contribution in [0.3, 0.4) is 0 Å². The zero-order valence-electron chi connectivity index (χ0n) is 4.94. The number of hydrazine groups is 1. The minimum atomic E-state index is -0.537. The van der Waals surface area contributed by atoms with Crippen molar-refractivity contribution in [1.82, 2.24) is 4.98 Å². The molecule has 0 saturated carbocycles. The largest absolute Gasteiger partial charge is 0.307 e. The van der Waals surface area contributed by atoms with Crippen molar-refractivity contribution in [1.29, 1.82) is 0 Å². The molecule has 0 amide bonds. The Morgan fingerprint density at radius 2 is 2.40 bits per heavy atom. The van der Waals surface area contributed by atoms with Crippen LogP contribution in [0, 0.1) is 5.82 Å². The Hall–Kier alpha value is -0.870. The fraction of sp³-hybridized carbons (Fsp3) is 0. The molecular formula is C5H5ClFN3. The lowest BCUT2D eigenvalue weighted by atomic mass is 10.4. The lowest BCUT2D eigenvalue weighted by Gasteiger charge is -1.99. The molecule has 0 aliphatic heterocycles. The van der Waals surface area contributed by atoms with E-state index in [0.717, 1.165) is 6.07 Å². The molecule has 0 saturated heterocycles. The standard InChI is InChI=1S/C5H5ClFN3/c6-4-3(7)1-2-9-5(4)10-8/h1-2H,8H2,(H,9,10). The van der Waals surface area contributed by atoms with Crippen LogP contribution in [0.4, 0.5) is 10.2 Å². The monoisotopic (exact) mass is 161 g/mol. The third-order valence-corrected chi connectivity index (χ3v) is 1.34. The molecule has 3 N–H and O–H groups in total. The average molecular weight is 162 g/mol. The van der Waals surface area contributed by atoms with E-state index >= 15 is 0 Å². The first-order valence-electron chi connectivity index (χ1n) is 2.52. The van der Waals surface area contributed by atoms with Gasteiger partial charge in [-0.25, -0.2) is 15.2 Å². The molecule has 10 heavy (non-hydrogen) atoms. The Labute approximate surface area is 62.0 Å². The highest BCUT2D eigenvalue weighted by Crippen LogP contribution is 2.20. The molecule has 0 radical (unpaired) electrons. The van der Waals surface area contributed by atoms with Gasteiger partial charge in [0.2, 0.25) is 0 Å². The van der Waals surface area contributed by atoms with E-state index in [0.29, 0.717) is 0 Å². The number of halogens is 2. The van der Waals surface area contributed by atoms with Gasteiger partial charge in [-0.1, -0.05) is 11.6 Å². The zero-order valence-corrected chi connectivity index (χ0v) is 5.69. The van der Waals surface area contributed by atoms with Crippen LogP contribution in [0.15, 0.2) is 12.3 Å². The molecule has 0 atom stereocenters. The highest BCUT2D eigenvalue weighted by molar-refractivity contribution is 6.33. The van der Waals surface area contributed by atoms with Crippen molar-refractivity contribution < 1.29 is 4.39 Å². The average Bonchev–Trinajstić information content (AvgIpc) is 1.95. The maximum absolute atomic E-state index is 12.5. The molecular weight excluding hydrogens is 157 g/mol. The van der Waals surface area contributed by atoms with Crippen molar-refractivity contribution in [3.63, 3.8) is 0 Å². The number of nitrogens with two attached hydrogens (primary N) is 1. The maximum atomic E-state index is 12.5. The summed E-state index contributed by atoms with van der Waals surface area (Å²) < 4.78 is 12.5. The van der Waals surface area contributed by atoms with E-state index in [-0.39, 0.29) is 10.8 Å². The summed E-state index contributed by atoms with van der Waals surface area (Å²) >= 11 is 5.41. The quantitative estimate of drug-likeness (QED) is 0.480. The molecule has 1 aromatic heterocycles. The van der Waals surface area contributed by atoms with E-state index in [1.54, 1.807) is 0 Å². The topological polar surface area (TPSA) is 50.9 Å². The van der Waals surface area contributed by atoms with Gasteiger partial charge in [0.05, 0.1) is 0 Å². The van der Waals surface area contributed by atoms with Crippen molar-refractivity contribution >= 4 is 17.4 Å². The summed E-state index contributed by atoms with van der Waals surface area (Å²) in [6.45, 7) is 0. The zero-order chi connectivity index (χ0) is 7.56. The van der Waals surface area contributed by atoms with Crippen molar-refractivity contribution in [2.75, 3.05) is 5.43 Å². The van der Waals surface area contributed by atoms with Gasteiger partial charge in [-0.2, -0.15) is 0 Å². The van der Waals surface area contributed by atoms with Crippen molar-refractivity contribution in [3.05, 3.63) is 23.1 Å². The molecule has 0 bridgehead atoms. The number of rotatable bonds is 1. The smallest absolute Gasteiger partial charge is 0.161 e. The van der Waals surface area contributed by atoms with Gasteiger partial charge in [-0.05, 0) is 6.07 Å². The van der Waals surface area contributed by atoms with E-state index in [1.165, 1.54) is 6.20 Å². The number of anilines is 1. The summed E-state index contributed by atoms with van der Waals surface area (Å²) in [5.74, 6) is 4.56. The van der Waals surface area contributed by atoms with E-state index < -0.39 is 5.82 Å². The Morgan fingerprint density at radius 3 is 2.90 bits per heavy atom. The fourth-order valence-electron chi connectivity index (χ4n) is 0.521. The predicted octanol–water partition coefficient (Wildman–Crippen LogP) is 1.16. The Bertz CT molecular complexity index is 240. The first kappa shape index (κ1) is 7.24. The maximum Gasteiger partial charge on any atom is 0.161 e. The first-order chi connectivity index (χ1) is 4.75. The van der Waals surface area contributed by atoms with Gasteiger partial charge in [0, 0.05) is 6.20 Å². The van der Waals surface area contributed by atoms with Crippen LogP contribution in [0.25, 0.3) is 0 Å². The molecule has 54 valence electrons. The van der Waals surface area contributed by atoms with Crippen molar-refractivity contribution in [3.8, 4) is 0 Å². The first-order valence-corrected chi connectivity index (χ1v) is 2.90. The third-order valence-electron chi connectivity index (χ3n) is 0.979. The molecule has 0 aliphatic carbocycles. The predicted molar refractivity (Wildman–Crippen MR) is 37.0 cm³/mol. The van der Waals surface area contributed by atoms with Gasteiger partial charge in [0.25, 0.3) is 0 Å². The molecule has 0 spiro atoms. The number of aromatic nitrogens is 1. The molecule has 0 fully saturated rings. The van der Waals surface area contributed by atoms with Gasteiger partial charge in [0.1, 0.15) is 10.8 Å². The molecule has 1 rings (SSSR count). The number of hydrogen-bond acceptors (Lipinski definition) is 3. The summed E-state index contributed by atoms with van der Waals surface area (Å²) in [6, 6.07) is 1.16. The Balaban J connectivity index is 3.14. The van der Waals surface area contributed by atoms with E-state index in [2.05, 4.69) is 10.4 Å². The van der Waals surface area contributed by atoms with Gasteiger partial charge < -0.3 is 5.43 Å². The number of nitrogen functional groups attached to an aromatic ring is 1. The molecule has 0 aliphatic rings. The van der Waals surface area contributed by atoms with Gasteiger partial charge in [-0.3, -0.25) is 0 Å². The van der Waals surface area contributed by atoms with Gasteiger partial charge >= 0.3 is 0 Å². The van der Waals surface area contributed by atoms with E-state index in [1.807, 2.05) is 0 Å². The van der Waals surface area contributed by atoms with Crippen LogP contribution < -0.4 is 11.3 Å². The molecule has 3 nitrogen and oxygen atoms in total. The highest BCUT2D eigenvalue weighted by atomic mass is 35.5. The number of nitrogens with zero attached hydrogens (tertiary/aromatic N) is 1. The summed E-state index contributed by atoms with van der Waals surface area (Å²) in [7, 11) is 0. The SMILES string of the molecule is NNc1nccc(F)c1Cl. The lowest BCUT2D eigenvalue weighted by Crippen LogP contribution is -2.09. The second-order valence-corrected chi connectivity index (χ2v) is 1.98. The Kier molecular flexibility index (Phi) is 2.03. The van der Waals surface area contributed by atoms with Crippen LogP contribution in [-0.4, -0.2) is 4.98 Å². The number of nitrogens with one attached hydrogen (secondary N) is 1. The molecule has 1 aromatic rings. The summed E-state index contributed by atoms with van der Waals surface area (Å²) in [5.41, 5.74) is 2.15. The van der Waals surface area contributed by atoms with Crippen LogP contribution in [0.1, 0.15) is 0 Å². The van der Waals surface area contributed by atoms with Gasteiger partial charge in [0.15, 0.2) is 5.82 Å². The Morgan fingerprint density at radius 1 is 1.70 bits per heavy atom.